The van der Waals surface area contributed by atoms with Crippen LogP contribution in [0.15, 0.2) is 42.6 Å². The van der Waals surface area contributed by atoms with Gasteiger partial charge in [-0.05, 0) is 29.7 Å². The quantitative estimate of drug-likeness (QED) is 0.626. The molecule has 1 amide bonds. The molecule has 2 rings (SSSR count). The van der Waals surface area contributed by atoms with E-state index in [1.165, 1.54) is 30.5 Å². The average molecular weight is 243 g/mol. The predicted octanol–water partition coefficient (Wildman–Crippen LogP) is -0.591. The zero-order chi connectivity index (χ0) is 13.0. The molecule has 90 valence electrons. The highest BCUT2D eigenvalue weighted by molar-refractivity contribution is 6.58. The van der Waals surface area contributed by atoms with E-state index in [2.05, 4.69) is 15.5 Å². The second-order valence-electron chi connectivity index (χ2n) is 3.56. The van der Waals surface area contributed by atoms with Gasteiger partial charge in [0, 0.05) is 11.8 Å². The molecule has 0 atom stereocenters. The van der Waals surface area contributed by atoms with Gasteiger partial charge < -0.3 is 15.4 Å². The van der Waals surface area contributed by atoms with Crippen LogP contribution in [0.25, 0.3) is 0 Å². The second kappa shape index (κ2) is 5.39. The van der Waals surface area contributed by atoms with Gasteiger partial charge in [0.2, 0.25) is 0 Å². The van der Waals surface area contributed by atoms with Crippen molar-refractivity contribution in [1.82, 2.24) is 10.2 Å². The van der Waals surface area contributed by atoms with Crippen LogP contribution in [-0.4, -0.2) is 33.3 Å². The Morgan fingerprint density at radius 2 is 1.89 bits per heavy atom. The molecular formula is C11H10BN3O3. The fourth-order valence-corrected chi connectivity index (χ4v) is 1.36. The Bertz CT molecular complexity index is 531. The van der Waals surface area contributed by atoms with Gasteiger partial charge in [0.15, 0.2) is 5.82 Å². The van der Waals surface area contributed by atoms with Crippen LogP contribution in [0.1, 0.15) is 10.4 Å². The Morgan fingerprint density at radius 1 is 1.17 bits per heavy atom. The summed E-state index contributed by atoms with van der Waals surface area (Å²) in [6.45, 7) is 0. The monoisotopic (exact) mass is 243 g/mol. The number of amides is 1. The highest BCUT2D eigenvalue weighted by Gasteiger charge is 2.12. The molecule has 7 heteroatoms. The minimum atomic E-state index is -1.54. The molecular weight excluding hydrogens is 233 g/mol. The molecule has 2 aromatic rings. The van der Waals surface area contributed by atoms with E-state index in [1.54, 1.807) is 12.1 Å². The van der Waals surface area contributed by atoms with E-state index >= 15 is 0 Å². The first-order valence-electron chi connectivity index (χ1n) is 5.22. The summed E-state index contributed by atoms with van der Waals surface area (Å²) < 4.78 is 0. The van der Waals surface area contributed by atoms with Gasteiger partial charge in [-0.2, -0.15) is 5.10 Å². The van der Waals surface area contributed by atoms with Crippen molar-refractivity contribution in [3.63, 3.8) is 0 Å². The maximum atomic E-state index is 11.8. The summed E-state index contributed by atoms with van der Waals surface area (Å²) in [5, 5.41) is 27.8. The van der Waals surface area contributed by atoms with Crippen LogP contribution < -0.4 is 10.8 Å². The smallest absolute Gasteiger partial charge is 0.423 e. The van der Waals surface area contributed by atoms with Crippen molar-refractivity contribution in [3.8, 4) is 0 Å². The summed E-state index contributed by atoms with van der Waals surface area (Å²) in [6.07, 6.45) is 1.51. The lowest BCUT2D eigenvalue weighted by Gasteiger charge is -2.04. The van der Waals surface area contributed by atoms with Crippen molar-refractivity contribution in [2.45, 2.75) is 0 Å². The van der Waals surface area contributed by atoms with Crippen molar-refractivity contribution >= 4 is 24.3 Å². The van der Waals surface area contributed by atoms with Gasteiger partial charge in [-0.1, -0.05) is 12.1 Å². The van der Waals surface area contributed by atoms with E-state index in [1.807, 2.05) is 0 Å². The highest BCUT2D eigenvalue weighted by Crippen LogP contribution is 2.03. The Balaban J connectivity index is 2.10. The Labute approximate surface area is 103 Å². The van der Waals surface area contributed by atoms with Crippen molar-refractivity contribution in [2.75, 3.05) is 5.32 Å². The molecule has 0 aliphatic heterocycles. The van der Waals surface area contributed by atoms with Crippen LogP contribution in [0.4, 0.5) is 5.82 Å². The van der Waals surface area contributed by atoms with Gasteiger partial charge >= 0.3 is 7.12 Å². The van der Waals surface area contributed by atoms with Crippen LogP contribution in [0.2, 0.25) is 0 Å². The minimum absolute atomic E-state index is 0.325. The minimum Gasteiger partial charge on any atom is -0.423 e. The molecule has 3 N–H and O–H groups in total. The number of hydrogen-bond acceptors (Lipinski definition) is 5. The lowest BCUT2D eigenvalue weighted by Crippen LogP contribution is -2.29. The summed E-state index contributed by atoms with van der Waals surface area (Å²) in [5.41, 5.74) is 0.719. The number of rotatable bonds is 3. The van der Waals surface area contributed by atoms with Gasteiger partial charge in [0.25, 0.3) is 5.91 Å². The van der Waals surface area contributed by atoms with Gasteiger partial charge in [-0.3, -0.25) is 4.79 Å². The van der Waals surface area contributed by atoms with Crippen molar-refractivity contribution in [2.24, 2.45) is 0 Å². The Morgan fingerprint density at radius 3 is 2.44 bits per heavy atom. The first-order chi connectivity index (χ1) is 8.66. The Kier molecular flexibility index (Phi) is 3.66. The molecule has 1 aromatic carbocycles. The van der Waals surface area contributed by atoms with Crippen LogP contribution in [0.5, 0.6) is 0 Å². The SMILES string of the molecule is O=C(Nc1cccnn1)c1ccc(B(O)O)cc1. The van der Waals surface area contributed by atoms with E-state index in [4.69, 9.17) is 10.0 Å². The third kappa shape index (κ3) is 2.90. The van der Waals surface area contributed by atoms with E-state index in [0.29, 0.717) is 16.8 Å². The van der Waals surface area contributed by atoms with Crippen LogP contribution in [0, 0.1) is 0 Å². The summed E-state index contributed by atoms with van der Waals surface area (Å²) in [4.78, 5) is 11.8. The van der Waals surface area contributed by atoms with Crippen LogP contribution in [0.3, 0.4) is 0 Å². The largest absolute Gasteiger partial charge is 0.488 e. The average Bonchev–Trinajstić information content (AvgIpc) is 2.40. The molecule has 0 bridgehead atoms. The summed E-state index contributed by atoms with van der Waals surface area (Å²) >= 11 is 0. The standard InChI is InChI=1S/C11H10BN3O3/c16-11(14-10-2-1-7-13-15-10)8-3-5-9(6-4-8)12(17)18/h1-7,17-18H,(H,14,15,16). The topological polar surface area (TPSA) is 95.3 Å². The zero-order valence-corrected chi connectivity index (χ0v) is 9.32. The van der Waals surface area contributed by atoms with Gasteiger partial charge in [-0.15, -0.1) is 5.10 Å². The molecule has 0 saturated carbocycles. The number of hydrogen-bond donors (Lipinski definition) is 3. The fourth-order valence-electron chi connectivity index (χ4n) is 1.36. The summed E-state index contributed by atoms with van der Waals surface area (Å²) in [7, 11) is -1.54. The molecule has 0 aliphatic rings. The van der Waals surface area contributed by atoms with E-state index in [0.717, 1.165) is 0 Å². The van der Waals surface area contributed by atoms with Gasteiger partial charge in [0.1, 0.15) is 0 Å². The molecule has 0 aliphatic carbocycles. The number of aromatic nitrogens is 2. The third-order valence-corrected chi connectivity index (χ3v) is 2.28. The number of anilines is 1. The first-order valence-corrected chi connectivity index (χ1v) is 5.22. The highest BCUT2D eigenvalue weighted by atomic mass is 16.4. The molecule has 0 fully saturated rings. The predicted molar refractivity (Wildman–Crippen MR) is 66.3 cm³/mol. The fraction of sp³-hybridized carbons (Fsp3) is 0. The summed E-state index contributed by atoms with van der Waals surface area (Å²) in [5.74, 6) is 0.0169. The molecule has 0 radical (unpaired) electrons. The Hall–Kier alpha value is -2.25. The van der Waals surface area contributed by atoms with Crippen LogP contribution in [-0.2, 0) is 0 Å². The number of nitrogens with one attached hydrogen (secondary N) is 1. The van der Waals surface area contributed by atoms with E-state index < -0.39 is 7.12 Å². The van der Waals surface area contributed by atoms with E-state index in [-0.39, 0.29) is 5.91 Å². The van der Waals surface area contributed by atoms with Gasteiger partial charge in [0.05, 0.1) is 0 Å². The molecule has 0 spiro atoms. The molecule has 0 unspecified atom stereocenters. The summed E-state index contributed by atoms with van der Waals surface area (Å²) in [6, 6.07) is 9.22. The number of carbonyl (C=O) groups excluding carboxylic acids is 1. The lowest BCUT2D eigenvalue weighted by molar-refractivity contribution is 0.102. The normalized spacial score (nSPS) is 9.89. The first kappa shape index (κ1) is 12.2. The molecule has 0 saturated heterocycles. The third-order valence-electron chi connectivity index (χ3n) is 2.28. The lowest BCUT2D eigenvalue weighted by atomic mass is 9.80. The van der Waals surface area contributed by atoms with Crippen LogP contribution >= 0.6 is 0 Å². The van der Waals surface area contributed by atoms with Crippen molar-refractivity contribution < 1.29 is 14.8 Å². The van der Waals surface area contributed by atoms with Crippen molar-refractivity contribution in [1.29, 1.82) is 0 Å². The molecule has 18 heavy (non-hydrogen) atoms. The maximum absolute atomic E-state index is 11.8. The second-order valence-corrected chi connectivity index (χ2v) is 3.56. The molecule has 1 aromatic heterocycles. The van der Waals surface area contributed by atoms with E-state index in [9.17, 15) is 4.79 Å². The molecule has 1 heterocycles. The maximum Gasteiger partial charge on any atom is 0.488 e. The number of nitrogens with zero attached hydrogens (tertiary/aromatic N) is 2. The van der Waals surface area contributed by atoms with Crippen molar-refractivity contribution in [3.05, 3.63) is 48.2 Å². The molecule has 6 nitrogen and oxygen atoms in total. The van der Waals surface area contributed by atoms with Gasteiger partial charge in [-0.25, -0.2) is 0 Å². The number of carbonyl (C=O) groups is 1. The number of benzene rings is 1. The zero-order valence-electron chi connectivity index (χ0n) is 9.32.